The Balaban J connectivity index is 2.34. The molecule has 1 amide bonds. The Morgan fingerprint density at radius 2 is 2.10 bits per heavy atom. The Morgan fingerprint density at radius 1 is 1.35 bits per heavy atom. The summed E-state index contributed by atoms with van der Waals surface area (Å²) >= 11 is 0. The van der Waals surface area contributed by atoms with Crippen molar-refractivity contribution in [2.24, 2.45) is 0 Å². The Labute approximate surface area is 113 Å². The van der Waals surface area contributed by atoms with Crippen LogP contribution in [0.25, 0.3) is 0 Å². The second-order valence-electron chi connectivity index (χ2n) is 4.06. The number of carbonyl (C=O) groups excluding carboxylic acids is 1. The zero-order chi connectivity index (χ0) is 14.7. The van der Waals surface area contributed by atoms with Crippen LogP contribution in [0.15, 0.2) is 36.5 Å². The number of aromatic nitrogens is 1. The van der Waals surface area contributed by atoms with Crippen LogP contribution < -0.4 is 5.32 Å². The normalized spacial score (nSPS) is 10.1. The summed E-state index contributed by atoms with van der Waals surface area (Å²) in [5.74, 6) is -1.46. The van der Waals surface area contributed by atoms with Gasteiger partial charge < -0.3 is 5.32 Å². The third kappa shape index (κ3) is 2.94. The Bertz CT molecular complexity index is 688. The predicted molar refractivity (Wildman–Crippen MR) is 70.0 cm³/mol. The molecule has 1 aromatic carbocycles. The zero-order valence-electron chi connectivity index (χ0n) is 10.5. The molecule has 6 nitrogen and oxygen atoms in total. The molecule has 0 aliphatic rings. The first-order valence-electron chi connectivity index (χ1n) is 5.65. The topological polar surface area (TPSA) is 85.1 Å². The highest BCUT2D eigenvalue weighted by Crippen LogP contribution is 2.21. The van der Waals surface area contributed by atoms with Gasteiger partial charge in [0.2, 0.25) is 0 Å². The summed E-state index contributed by atoms with van der Waals surface area (Å²) in [4.78, 5) is 26.1. The Morgan fingerprint density at radius 3 is 2.75 bits per heavy atom. The van der Waals surface area contributed by atoms with Crippen LogP contribution in [0.5, 0.6) is 0 Å². The standard InChI is InChI=1S/C13H10FN3O3/c1-8-6-10(4-5-15-8)16-13(18)11-7-9(14)2-3-12(11)17(19)20/h2-7H,1H3,(H,15,16,18). The van der Waals surface area contributed by atoms with E-state index in [0.29, 0.717) is 11.4 Å². The van der Waals surface area contributed by atoms with Crippen LogP contribution in [0.2, 0.25) is 0 Å². The molecule has 0 saturated carbocycles. The van der Waals surface area contributed by atoms with E-state index in [1.807, 2.05) is 0 Å². The summed E-state index contributed by atoms with van der Waals surface area (Å²) in [6.07, 6.45) is 1.49. The van der Waals surface area contributed by atoms with Gasteiger partial charge in [-0.2, -0.15) is 0 Å². The van der Waals surface area contributed by atoms with Crippen molar-refractivity contribution in [1.82, 2.24) is 4.98 Å². The van der Waals surface area contributed by atoms with Gasteiger partial charge in [0.05, 0.1) is 4.92 Å². The summed E-state index contributed by atoms with van der Waals surface area (Å²) in [5.41, 5.74) is 0.330. The fourth-order valence-electron chi connectivity index (χ4n) is 1.67. The third-order valence-electron chi connectivity index (χ3n) is 2.55. The number of amides is 1. The first-order chi connectivity index (χ1) is 9.47. The molecule has 0 fully saturated rings. The van der Waals surface area contributed by atoms with Crippen LogP contribution >= 0.6 is 0 Å². The second kappa shape index (κ2) is 5.43. The van der Waals surface area contributed by atoms with Crippen molar-refractivity contribution in [1.29, 1.82) is 0 Å². The van der Waals surface area contributed by atoms with Gasteiger partial charge in [-0.05, 0) is 31.2 Å². The minimum absolute atomic E-state index is 0.329. The van der Waals surface area contributed by atoms with Crippen molar-refractivity contribution in [3.05, 3.63) is 63.7 Å². The van der Waals surface area contributed by atoms with E-state index in [-0.39, 0.29) is 5.56 Å². The highest BCUT2D eigenvalue weighted by atomic mass is 19.1. The van der Waals surface area contributed by atoms with Gasteiger partial charge in [0.25, 0.3) is 11.6 Å². The molecule has 0 unspecified atom stereocenters. The lowest BCUT2D eigenvalue weighted by Crippen LogP contribution is -2.14. The van der Waals surface area contributed by atoms with Crippen molar-refractivity contribution < 1.29 is 14.1 Å². The van der Waals surface area contributed by atoms with E-state index in [4.69, 9.17) is 0 Å². The number of nitro benzene ring substituents is 1. The Kier molecular flexibility index (Phi) is 3.69. The van der Waals surface area contributed by atoms with Crippen molar-refractivity contribution >= 4 is 17.3 Å². The number of nitrogens with one attached hydrogen (secondary N) is 1. The van der Waals surface area contributed by atoms with E-state index < -0.39 is 22.3 Å². The number of nitro groups is 1. The van der Waals surface area contributed by atoms with Gasteiger partial charge in [-0.1, -0.05) is 0 Å². The minimum atomic E-state index is -0.748. The van der Waals surface area contributed by atoms with Crippen LogP contribution in [0.3, 0.4) is 0 Å². The third-order valence-corrected chi connectivity index (χ3v) is 2.55. The van der Waals surface area contributed by atoms with E-state index in [9.17, 15) is 19.3 Å². The molecule has 0 saturated heterocycles. The summed E-state index contributed by atoms with van der Waals surface area (Å²) in [5, 5.41) is 13.3. The van der Waals surface area contributed by atoms with Gasteiger partial charge in [-0.25, -0.2) is 4.39 Å². The number of aryl methyl sites for hydroxylation is 1. The molecule has 0 bridgehead atoms. The molecule has 1 heterocycles. The van der Waals surface area contributed by atoms with Gasteiger partial charge in [-0.15, -0.1) is 0 Å². The molecule has 0 atom stereocenters. The molecule has 0 spiro atoms. The smallest absolute Gasteiger partial charge is 0.282 e. The van der Waals surface area contributed by atoms with E-state index >= 15 is 0 Å². The number of hydrogen-bond donors (Lipinski definition) is 1. The maximum atomic E-state index is 13.2. The minimum Gasteiger partial charge on any atom is -0.322 e. The quantitative estimate of drug-likeness (QED) is 0.689. The highest BCUT2D eigenvalue weighted by molar-refractivity contribution is 6.07. The summed E-state index contributed by atoms with van der Waals surface area (Å²) in [7, 11) is 0. The van der Waals surface area contributed by atoms with Gasteiger partial charge in [-0.3, -0.25) is 19.9 Å². The van der Waals surface area contributed by atoms with E-state index in [2.05, 4.69) is 10.3 Å². The number of carbonyl (C=O) groups is 1. The first kappa shape index (κ1) is 13.6. The van der Waals surface area contributed by atoms with Gasteiger partial charge in [0.1, 0.15) is 11.4 Å². The number of anilines is 1. The van der Waals surface area contributed by atoms with Gasteiger partial charge in [0, 0.05) is 23.6 Å². The molecule has 102 valence electrons. The maximum absolute atomic E-state index is 13.2. The summed E-state index contributed by atoms with van der Waals surface area (Å²) in [6.45, 7) is 1.74. The monoisotopic (exact) mass is 275 g/mol. The largest absolute Gasteiger partial charge is 0.322 e. The molecular formula is C13H10FN3O3. The van der Waals surface area contributed by atoms with Gasteiger partial charge >= 0.3 is 0 Å². The fourth-order valence-corrected chi connectivity index (χ4v) is 1.67. The average Bonchev–Trinajstić information content (AvgIpc) is 2.38. The number of benzene rings is 1. The molecule has 1 N–H and O–H groups in total. The van der Waals surface area contributed by atoms with Crippen LogP contribution in [-0.4, -0.2) is 15.8 Å². The van der Waals surface area contributed by atoms with E-state index in [1.165, 1.54) is 12.3 Å². The zero-order valence-corrected chi connectivity index (χ0v) is 10.5. The maximum Gasteiger partial charge on any atom is 0.282 e. The molecule has 0 aliphatic carbocycles. The molecular weight excluding hydrogens is 265 g/mol. The van der Waals surface area contributed by atoms with Crippen LogP contribution in [0, 0.1) is 22.9 Å². The number of hydrogen-bond acceptors (Lipinski definition) is 4. The summed E-state index contributed by atoms with van der Waals surface area (Å²) < 4.78 is 13.2. The number of pyridine rings is 1. The average molecular weight is 275 g/mol. The number of rotatable bonds is 3. The fraction of sp³-hybridized carbons (Fsp3) is 0.0769. The van der Waals surface area contributed by atoms with Crippen LogP contribution in [0.1, 0.15) is 16.1 Å². The summed E-state index contributed by atoms with van der Waals surface area (Å²) in [6, 6.07) is 5.87. The Hall–Kier alpha value is -2.83. The van der Waals surface area contributed by atoms with Crippen LogP contribution in [-0.2, 0) is 0 Å². The molecule has 0 aliphatic heterocycles. The van der Waals surface area contributed by atoms with Crippen molar-refractivity contribution in [3.8, 4) is 0 Å². The molecule has 0 radical (unpaired) electrons. The van der Waals surface area contributed by atoms with Crippen molar-refractivity contribution in [2.75, 3.05) is 5.32 Å². The van der Waals surface area contributed by atoms with E-state index in [0.717, 1.165) is 18.2 Å². The van der Waals surface area contributed by atoms with E-state index in [1.54, 1.807) is 13.0 Å². The SMILES string of the molecule is Cc1cc(NC(=O)c2cc(F)ccc2[N+](=O)[O-])ccn1. The number of nitrogens with zero attached hydrogens (tertiary/aromatic N) is 2. The second-order valence-corrected chi connectivity index (χ2v) is 4.06. The lowest BCUT2D eigenvalue weighted by Gasteiger charge is -2.06. The molecule has 2 rings (SSSR count). The van der Waals surface area contributed by atoms with Crippen LogP contribution in [0.4, 0.5) is 15.8 Å². The lowest BCUT2D eigenvalue weighted by molar-refractivity contribution is -0.385. The molecule has 2 aromatic rings. The first-order valence-corrected chi connectivity index (χ1v) is 5.65. The molecule has 1 aromatic heterocycles. The molecule has 20 heavy (non-hydrogen) atoms. The predicted octanol–water partition coefficient (Wildman–Crippen LogP) is 2.69. The molecule has 7 heteroatoms. The van der Waals surface area contributed by atoms with Gasteiger partial charge in [0.15, 0.2) is 0 Å². The van der Waals surface area contributed by atoms with Crippen molar-refractivity contribution in [2.45, 2.75) is 6.92 Å². The highest BCUT2D eigenvalue weighted by Gasteiger charge is 2.21. The number of halogens is 1. The lowest BCUT2D eigenvalue weighted by atomic mass is 10.1. The van der Waals surface area contributed by atoms with Crippen molar-refractivity contribution in [3.63, 3.8) is 0 Å².